The summed E-state index contributed by atoms with van der Waals surface area (Å²) in [6.07, 6.45) is 2.23. The number of carbonyl (C=O) groups is 1. The van der Waals surface area contributed by atoms with E-state index in [-0.39, 0.29) is 17.5 Å². The van der Waals surface area contributed by atoms with Gasteiger partial charge < -0.3 is 5.32 Å². The van der Waals surface area contributed by atoms with Crippen LogP contribution in [0.2, 0.25) is 0 Å². The third-order valence-electron chi connectivity index (χ3n) is 4.53. The Balaban J connectivity index is 1.78. The van der Waals surface area contributed by atoms with E-state index in [0.29, 0.717) is 12.0 Å². The summed E-state index contributed by atoms with van der Waals surface area (Å²) in [6, 6.07) is 1.64. The molecule has 1 atom stereocenters. The highest BCUT2D eigenvalue weighted by Gasteiger charge is 2.25. The average Bonchev–Trinajstić information content (AvgIpc) is 2.73. The van der Waals surface area contributed by atoms with Crippen molar-refractivity contribution in [1.29, 1.82) is 0 Å². The van der Waals surface area contributed by atoms with Crippen LogP contribution in [0.15, 0.2) is 10.9 Å². The zero-order chi connectivity index (χ0) is 16.7. The summed E-state index contributed by atoms with van der Waals surface area (Å²) >= 11 is 0. The summed E-state index contributed by atoms with van der Waals surface area (Å²) in [5.41, 5.74) is 3.99. The lowest BCUT2D eigenvalue weighted by atomic mass is 9.92. The topological polar surface area (TPSA) is 81.8 Å². The SMILES string of the molecule is Cc1nn(C)c(C)c1C(=O)NC1CCc2nn(C)c(=O)cc2C1. The van der Waals surface area contributed by atoms with Gasteiger partial charge in [0, 0.05) is 31.9 Å². The Hall–Kier alpha value is -2.44. The van der Waals surface area contributed by atoms with Crippen LogP contribution in [0.25, 0.3) is 0 Å². The van der Waals surface area contributed by atoms with Gasteiger partial charge in [0.25, 0.3) is 11.5 Å². The van der Waals surface area contributed by atoms with Crippen molar-refractivity contribution in [3.63, 3.8) is 0 Å². The fourth-order valence-electron chi connectivity index (χ4n) is 3.17. The van der Waals surface area contributed by atoms with Crippen molar-refractivity contribution in [3.8, 4) is 0 Å². The number of fused-ring (bicyclic) bond motifs is 1. The second-order valence-corrected chi connectivity index (χ2v) is 6.16. The molecule has 23 heavy (non-hydrogen) atoms. The number of hydrogen-bond acceptors (Lipinski definition) is 4. The quantitative estimate of drug-likeness (QED) is 0.871. The van der Waals surface area contributed by atoms with Gasteiger partial charge in [0.1, 0.15) is 0 Å². The van der Waals surface area contributed by atoms with Gasteiger partial charge in [-0.1, -0.05) is 0 Å². The Labute approximate surface area is 134 Å². The Morgan fingerprint density at radius 3 is 2.65 bits per heavy atom. The number of hydrogen-bond donors (Lipinski definition) is 1. The molecule has 7 heteroatoms. The molecule has 1 N–H and O–H groups in total. The van der Waals surface area contributed by atoms with Gasteiger partial charge in [-0.3, -0.25) is 14.3 Å². The van der Waals surface area contributed by atoms with Crippen LogP contribution in [0.1, 0.15) is 39.4 Å². The maximum Gasteiger partial charge on any atom is 0.266 e. The smallest absolute Gasteiger partial charge is 0.266 e. The lowest BCUT2D eigenvalue weighted by Crippen LogP contribution is -2.40. The Morgan fingerprint density at radius 1 is 1.26 bits per heavy atom. The molecule has 7 nitrogen and oxygen atoms in total. The average molecular weight is 315 g/mol. The molecule has 2 aromatic rings. The lowest BCUT2D eigenvalue weighted by molar-refractivity contribution is 0.0932. The van der Waals surface area contributed by atoms with Gasteiger partial charge in [-0.25, -0.2) is 4.68 Å². The van der Waals surface area contributed by atoms with E-state index in [2.05, 4.69) is 15.5 Å². The zero-order valence-electron chi connectivity index (χ0n) is 13.9. The Morgan fingerprint density at radius 2 is 2.00 bits per heavy atom. The van der Waals surface area contributed by atoms with E-state index >= 15 is 0 Å². The fraction of sp³-hybridized carbons (Fsp3) is 0.500. The first kappa shape index (κ1) is 15.5. The van der Waals surface area contributed by atoms with Crippen molar-refractivity contribution in [2.75, 3.05) is 0 Å². The van der Waals surface area contributed by atoms with Gasteiger partial charge in [0.2, 0.25) is 0 Å². The molecule has 0 saturated carbocycles. The van der Waals surface area contributed by atoms with E-state index in [4.69, 9.17) is 0 Å². The molecule has 0 bridgehead atoms. The highest BCUT2D eigenvalue weighted by Crippen LogP contribution is 2.19. The number of nitrogens with zero attached hydrogens (tertiary/aromatic N) is 4. The van der Waals surface area contributed by atoms with E-state index in [1.54, 1.807) is 17.8 Å². The van der Waals surface area contributed by atoms with E-state index in [1.807, 2.05) is 20.9 Å². The molecule has 0 saturated heterocycles. The molecule has 1 amide bonds. The first-order chi connectivity index (χ1) is 10.9. The van der Waals surface area contributed by atoms with E-state index in [1.165, 1.54) is 4.68 Å². The molecule has 0 radical (unpaired) electrons. The first-order valence-electron chi connectivity index (χ1n) is 7.74. The molecule has 2 aromatic heterocycles. The predicted octanol–water partition coefficient (Wildman–Crippen LogP) is 0.418. The van der Waals surface area contributed by atoms with Crippen molar-refractivity contribution in [1.82, 2.24) is 24.9 Å². The van der Waals surface area contributed by atoms with Gasteiger partial charge in [-0.2, -0.15) is 10.2 Å². The van der Waals surface area contributed by atoms with E-state index in [0.717, 1.165) is 35.5 Å². The molecule has 0 spiro atoms. The van der Waals surface area contributed by atoms with Crippen molar-refractivity contribution in [2.24, 2.45) is 14.1 Å². The van der Waals surface area contributed by atoms with Crippen molar-refractivity contribution in [3.05, 3.63) is 44.6 Å². The minimum Gasteiger partial charge on any atom is -0.349 e. The van der Waals surface area contributed by atoms with E-state index in [9.17, 15) is 9.59 Å². The Kier molecular flexibility index (Phi) is 3.79. The number of aromatic nitrogens is 4. The van der Waals surface area contributed by atoms with Gasteiger partial charge in [-0.05, 0) is 38.7 Å². The predicted molar refractivity (Wildman–Crippen MR) is 85.4 cm³/mol. The summed E-state index contributed by atoms with van der Waals surface area (Å²) in [5.74, 6) is -0.0988. The monoisotopic (exact) mass is 315 g/mol. The normalized spacial score (nSPS) is 17.0. The van der Waals surface area contributed by atoms with E-state index < -0.39 is 0 Å². The summed E-state index contributed by atoms with van der Waals surface area (Å²) in [6.45, 7) is 3.73. The van der Waals surface area contributed by atoms with Gasteiger partial charge >= 0.3 is 0 Å². The maximum absolute atomic E-state index is 12.6. The molecule has 3 rings (SSSR count). The molecule has 1 unspecified atom stereocenters. The summed E-state index contributed by atoms with van der Waals surface area (Å²) in [7, 11) is 3.49. The van der Waals surface area contributed by atoms with Gasteiger partial charge in [0.05, 0.1) is 17.0 Å². The third kappa shape index (κ3) is 2.78. The highest BCUT2D eigenvalue weighted by molar-refractivity contribution is 5.96. The minimum atomic E-state index is -0.116. The second kappa shape index (κ2) is 5.64. The van der Waals surface area contributed by atoms with Crippen LogP contribution in [0.5, 0.6) is 0 Å². The molecule has 0 aliphatic heterocycles. The van der Waals surface area contributed by atoms with Crippen LogP contribution >= 0.6 is 0 Å². The molecule has 0 aromatic carbocycles. The fourth-order valence-corrected chi connectivity index (χ4v) is 3.17. The van der Waals surface area contributed by atoms with Crippen LogP contribution in [0.3, 0.4) is 0 Å². The van der Waals surface area contributed by atoms with Crippen LogP contribution in [-0.2, 0) is 26.9 Å². The van der Waals surface area contributed by atoms with Crippen LogP contribution in [0.4, 0.5) is 0 Å². The molecule has 1 aliphatic rings. The largest absolute Gasteiger partial charge is 0.349 e. The maximum atomic E-state index is 12.6. The second-order valence-electron chi connectivity index (χ2n) is 6.16. The molecular weight excluding hydrogens is 294 g/mol. The number of rotatable bonds is 2. The van der Waals surface area contributed by atoms with Gasteiger partial charge in [-0.15, -0.1) is 0 Å². The summed E-state index contributed by atoms with van der Waals surface area (Å²) in [4.78, 5) is 24.3. The van der Waals surface area contributed by atoms with Crippen molar-refractivity contribution < 1.29 is 4.79 Å². The van der Waals surface area contributed by atoms with Gasteiger partial charge in [0.15, 0.2) is 0 Å². The molecule has 0 fully saturated rings. The highest BCUT2D eigenvalue weighted by atomic mass is 16.2. The molecule has 1 aliphatic carbocycles. The standard InChI is InChI=1S/C16H21N5O2/c1-9-15(10(2)20(3)18-9)16(23)17-12-5-6-13-11(7-12)8-14(22)21(4)19-13/h8,12H,5-7H2,1-4H3,(H,17,23). The zero-order valence-corrected chi connectivity index (χ0v) is 13.9. The minimum absolute atomic E-state index is 0.0166. The third-order valence-corrected chi connectivity index (χ3v) is 4.53. The van der Waals surface area contributed by atoms with Crippen LogP contribution in [0, 0.1) is 13.8 Å². The number of carbonyl (C=O) groups excluding carboxylic acids is 1. The van der Waals surface area contributed by atoms with Crippen molar-refractivity contribution in [2.45, 2.75) is 39.2 Å². The lowest BCUT2D eigenvalue weighted by Gasteiger charge is -2.25. The summed E-state index contributed by atoms with van der Waals surface area (Å²) in [5, 5.41) is 11.7. The number of aryl methyl sites for hydroxylation is 4. The Bertz CT molecular complexity index is 834. The molecule has 122 valence electrons. The number of amides is 1. The number of nitrogens with one attached hydrogen (secondary N) is 1. The first-order valence-corrected chi connectivity index (χ1v) is 7.74. The molecule has 2 heterocycles. The molecular formula is C16H21N5O2. The van der Waals surface area contributed by atoms with Crippen LogP contribution in [-0.4, -0.2) is 31.5 Å². The van der Waals surface area contributed by atoms with Crippen molar-refractivity contribution >= 4 is 5.91 Å². The van der Waals surface area contributed by atoms with Crippen LogP contribution < -0.4 is 10.9 Å². The summed E-state index contributed by atoms with van der Waals surface area (Å²) < 4.78 is 3.08.